The highest BCUT2D eigenvalue weighted by molar-refractivity contribution is 9.10. The van der Waals surface area contributed by atoms with E-state index in [1.54, 1.807) is 0 Å². The first-order chi connectivity index (χ1) is 12.6. The number of phosphoric ester groups is 1. The maximum absolute atomic E-state index is 10.8. The number of rotatable bonds is 6. The van der Waals surface area contributed by atoms with E-state index in [0.29, 0.717) is 6.42 Å². The largest absolute Gasteiger partial charge is 0.469 e. The van der Waals surface area contributed by atoms with Crippen molar-refractivity contribution in [2.24, 2.45) is 0 Å². The summed E-state index contributed by atoms with van der Waals surface area (Å²) in [6, 6.07) is 12.7. The number of nitrogens with zero attached hydrogens (tertiary/aromatic N) is 1. The zero-order valence-electron chi connectivity index (χ0n) is 15.2. The van der Waals surface area contributed by atoms with Crippen molar-refractivity contribution in [3.63, 3.8) is 0 Å². The average molecular weight is 519 g/mol. The van der Waals surface area contributed by atoms with Gasteiger partial charge in [0.05, 0.1) is 6.61 Å². The van der Waals surface area contributed by atoms with Crippen LogP contribution in [0.5, 0.6) is 0 Å². The SMILES string of the molecule is CC1(C)c2cc(Br)ccc2N(CCCCOP(=O)(O)O)c2ccc(Br)cc21. The highest BCUT2D eigenvalue weighted by Crippen LogP contribution is 2.50. The summed E-state index contributed by atoms with van der Waals surface area (Å²) in [4.78, 5) is 19.9. The third-order valence-electron chi connectivity index (χ3n) is 4.88. The smallest absolute Gasteiger partial charge is 0.341 e. The summed E-state index contributed by atoms with van der Waals surface area (Å²) in [5.41, 5.74) is 4.67. The van der Waals surface area contributed by atoms with Gasteiger partial charge in [-0.3, -0.25) is 4.52 Å². The van der Waals surface area contributed by atoms with Crippen LogP contribution in [-0.2, 0) is 14.5 Å². The van der Waals surface area contributed by atoms with Crippen LogP contribution in [0.3, 0.4) is 0 Å². The van der Waals surface area contributed by atoms with Crippen LogP contribution in [-0.4, -0.2) is 22.9 Å². The Balaban J connectivity index is 1.89. The number of anilines is 2. The molecule has 0 radical (unpaired) electrons. The van der Waals surface area contributed by atoms with Crippen molar-refractivity contribution in [3.8, 4) is 0 Å². The van der Waals surface area contributed by atoms with Gasteiger partial charge in [-0.05, 0) is 60.4 Å². The van der Waals surface area contributed by atoms with Gasteiger partial charge in [0.25, 0.3) is 0 Å². The van der Waals surface area contributed by atoms with E-state index < -0.39 is 7.82 Å². The fourth-order valence-electron chi connectivity index (χ4n) is 3.56. The summed E-state index contributed by atoms with van der Waals surface area (Å²) in [5, 5.41) is 0. The maximum atomic E-state index is 10.8. The molecule has 27 heavy (non-hydrogen) atoms. The van der Waals surface area contributed by atoms with E-state index in [1.165, 1.54) is 11.1 Å². The molecule has 0 unspecified atom stereocenters. The molecule has 0 aromatic heterocycles. The third-order valence-corrected chi connectivity index (χ3v) is 6.39. The Labute approximate surface area is 176 Å². The fraction of sp³-hybridized carbons (Fsp3) is 0.368. The molecule has 1 aliphatic rings. The number of halogens is 2. The predicted molar refractivity (Wildman–Crippen MR) is 115 cm³/mol. The second-order valence-electron chi connectivity index (χ2n) is 7.13. The van der Waals surface area contributed by atoms with Gasteiger partial charge in [-0.1, -0.05) is 45.7 Å². The summed E-state index contributed by atoms with van der Waals surface area (Å²) in [5.74, 6) is 0. The van der Waals surface area contributed by atoms with Crippen molar-refractivity contribution < 1.29 is 18.9 Å². The summed E-state index contributed by atoms with van der Waals surface area (Å²) < 4.78 is 17.5. The van der Waals surface area contributed by atoms with Gasteiger partial charge in [0.2, 0.25) is 0 Å². The first-order valence-electron chi connectivity index (χ1n) is 8.67. The lowest BCUT2D eigenvalue weighted by Crippen LogP contribution is -2.33. The summed E-state index contributed by atoms with van der Waals surface area (Å²) >= 11 is 7.18. The summed E-state index contributed by atoms with van der Waals surface area (Å²) in [6.45, 7) is 5.25. The fourth-order valence-corrected chi connectivity index (χ4v) is 4.65. The zero-order valence-corrected chi connectivity index (χ0v) is 19.2. The van der Waals surface area contributed by atoms with Gasteiger partial charge in [0.15, 0.2) is 0 Å². The summed E-state index contributed by atoms with van der Waals surface area (Å²) in [6.07, 6.45) is 1.33. The Morgan fingerprint density at radius 2 is 1.52 bits per heavy atom. The van der Waals surface area contributed by atoms with Gasteiger partial charge in [-0.2, -0.15) is 0 Å². The molecule has 2 aromatic rings. The van der Waals surface area contributed by atoms with Crippen LogP contribution >= 0.6 is 39.7 Å². The van der Waals surface area contributed by atoms with E-state index in [0.717, 1.165) is 33.3 Å². The van der Waals surface area contributed by atoms with Crippen LogP contribution < -0.4 is 4.90 Å². The van der Waals surface area contributed by atoms with Crippen LogP contribution in [0.2, 0.25) is 0 Å². The number of fused-ring (bicyclic) bond motifs is 2. The van der Waals surface area contributed by atoms with Crippen LogP contribution in [0, 0.1) is 0 Å². The molecule has 0 fully saturated rings. The molecule has 8 heteroatoms. The van der Waals surface area contributed by atoms with Crippen molar-refractivity contribution in [2.45, 2.75) is 32.1 Å². The topological polar surface area (TPSA) is 70.0 Å². The standard InChI is InChI=1S/C19H22Br2NO4P/c1-19(2)15-11-13(20)5-7-17(15)22(9-3-4-10-26-27(23,24)25)18-8-6-14(21)12-16(18)19/h5-8,11-12H,3-4,9-10H2,1-2H3,(H2,23,24,25). The molecule has 0 saturated heterocycles. The quantitative estimate of drug-likeness (QED) is 0.369. The molecular weight excluding hydrogens is 497 g/mol. The monoisotopic (exact) mass is 517 g/mol. The Bertz CT molecular complexity index is 842. The van der Waals surface area contributed by atoms with Gasteiger partial charge >= 0.3 is 7.82 Å². The van der Waals surface area contributed by atoms with Crippen molar-refractivity contribution in [1.82, 2.24) is 0 Å². The van der Waals surface area contributed by atoms with E-state index in [1.807, 2.05) is 12.1 Å². The number of unbranched alkanes of at least 4 members (excludes halogenated alkanes) is 1. The van der Waals surface area contributed by atoms with Gasteiger partial charge in [0.1, 0.15) is 0 Å². The van der Waals surface area contributed by atoms with E-state index in [2.05, 4.69) is 79.4 Å². The normalized spacial score (nSPS) is 15.4. The molecule has 0 atom stereocenters. The molecule has 5 nitrogen and oxygen atoms in total. The molecule has 1 heterocycles. The average Bonchev–Trinajstić information content (AvgIpc) is 2.57. The Kier molecular flexibility index (Phi) is 6.21. The second kappa shape index (κ2) is 7.97. The third kappa shape index (κ3) is 4.66. The molecule has 1 aliphatic heterocycles. The minimum atomic E-state index is -4.40. The van der Waals surface area contributed by atoms with E-state index >= 15 is 0 Å². The molecule has 2 aromatic carbocycles. The van der Waals surface area contributed by atoms with Crippen molar-refractivity contribution in [3.05, 3.63) is 56.5 Å². The van der Waals surface area contributed by atoms with E-state index in [-0.39, 0.29) is 12.0 Å². The molecule has 146 valence electrons. The Morgan fingerprint density at radius 1 is 1.00 bits per heavy atom. The highest BCUT2D eigenvalue weighted by atomic mass is 79.9. The number of benzene rings is 2. The van der Waals surface area contributed by atoms with Crippen molar-refractivity contribution in [2.75, 3.05) is 18.1 Å². The molecule has 0 spiro atoms. The molecule has 3 rings (SSSR count). The molecule has 0 saturated carbocycles. The lowest BCUT2D eigenvalue weighted by Gasteiger charge is -2.42. The second-order valence-corrected chi connectivity index (χ2v) is 10.2. The summed E-state index contributed by atoms with van der Waals surface area (Å²) in [7, 11) is -4.40. The van der Waals surface area contributed by atoms with Crippen LogP contribution in [0.1, 0.15) is 37.8 Å². The number of hydrogen-bond acceptors (Lipinski definition) is 3. The lowest BCUT2D eigenvalue weighted by molar-refractivity contribution is 0.194. The maximum Gasteiger partial charge on any atom is 0.469 e. The van der Waals surface area contributed by atoms with Crippen molar-refractivity contribution >= 4 is 51.1 Å². The first kappa shape index (κ1) is 21.0. The molecule has 0 aliphatic carbocycles. The van der Waals surface area contributed by atoms with E-state index in [9.17, 15) is 4.57 Å². The molecule has 0 bridgehead atoms. The Hall–Kier alpha value is -0.690. The molecule has 0 amide bonds. The van der Waals surface area contributed by atoms with Gasteiger partial charge in [-0.15, -0.1) is 0 Å². The highest BCUT2D eigenvalue weighted by Gasteiger charge is 2.36. The van der Waals surface area contributed by atoms with Crippen LogP contribution in [0.25, 0.3) is 0 Å². The van der Waals surface area contributed by atoms with Crippen molar-refractivity contribution in [1.29, 1.82) is 0 Å². The van der Waals surface area contributed by atoms with Gasteiger partial charge in [-0.25, -0.2) is 4.57 Å². The van der Waals surface area contributed by atoms with E-state index in [4.69, 9.17) is 9.79 Å². The predicted octanol–water partition coefficient (Wildman–Crippen LogP) is 5.88. The lowest BCUT2D eigenvalue weighted by atomic mass is 9.73. The molecular formula is C19H22Br2NO4P. The number of hydrogen-bond donors (Lipinski definition) is 2. The molecule has 2 N–H and O–H groups in total. The number of phosphoric acid groups is 1. The van der Waals surface area contributed by atoms with Crippen LogP contribution in [0.15, 0.2) is 45.3 Å². The Morgan fingerprint density at radius 3 is 2.00 bits per heavy atom. The van der Waals surface area contributed by atoms with Gasteiger partial charge in [0, 0.05) is 32.3 Å². The minimum Gasteiger partial charge on any atom is -0.341 e. The minimum absolute atomic E-state index is 0.0456. The van der Waals surface area contributed by atoms with Gasteiger partial charge < -0.3 is 14.7 Å². The first-order valence-corrected chi connectivity index (χ1v) is 11.8. The van der Waals surface area contributed by atoms with Crippen LogP contribution in [0.4, 0.5) is 11.4 Å². The zero-order chi connectivity index (χ0) is 19.8.